The van der Waals surface area contributed by atoms with E-state index < -0.39 is 132 Å². The number of esters is 3. The van der Waals surface area contributed by atoms with Gasteiger partial charge in [0.05, 0.1) is 19.1 Å². The maximum atomic E-state index is 15.7. The number of ether oxygens (including phenoxy) is 9. The van der Waals surface area contributed by atoms with Gasteiger partial charge in [-0.15, -0.1) is 0 Å². The maximum absolute atomic E-state index is 15.7. The average molecular weight is 1480 g/mol. The molecule has 0 radical (unpaired) electrons. The minimum atomic E-state index is -5.18. The van der Waals surface area contributed by atoms with Crippen LogP contribution in [-0.2, 0) is 72.7 Å². The first-order valence-electron chi connectivity index (χ1n) is 32.5. The van der Waals surface area contributed by atoms with E-state index in [1.807, 2.05) is 6.07 Å². The van der Waals surface area contributed by atoms with Crippen LogP contribution in [0.25, 0.3) is 0 Å². The molecule has 0 aromatic heterocycles. The monoisotopic (exact) mass is 1470 g/mol. The highest BCUT2D eigenvalue weighted by Gasteiger charge is 2.55. The number of rotatable bonds is 42. The number of alkyl halides is 6. The molecule has 1 aliphatic heterocycles. The summed E-state index contributed by atoms with van der Waals surface area (Å²) < 4.78 is 83.2. The lowest BCUT2D eigenvalue weighted by molar-refractivity contribution is -0.272. The second-order valence-corrected chi connectivity index (χ2v) is 30.8. The van der Waals surface area contributed by atoms with E-state index in [4.69, 9.17) is 126 Å². The quantitative estimate of drug-likeness (QED) is 0.0176. The van der Waals surface area contributed by atoms with E-state index in [9.17, 15) is 24.0 Å². The van der Waals surface area contributed by atoms with E-state index >= 15 is 9.36 Å². The highest BCUT2D eigenvalue weighted by Crippen LogP contribution is 2.53. The second-order valence-electron chi connectivity index (χ2n) is 24.5. The Morgan fingerprint density at radius 2 is 1.13 bits per heavy atom. The van der Waals surface area contributed by atoms with E-state index in [1.165, 1.54) is 44.5 Å². The van der Waals surface area contributed by atoms with Gasteiger partial charge in [-0.05, 0) is 90.1 Å². The van der Waals surface area contributed by atoms with Crippen LogP contribution in [0.3, 0.4) is 0 Å². The minimum absolute atomic E-state index is 0.0429. The van der Waals surface area contributed by atoms with Crippen LogP contribution in [0.1, 0.15) is 189 Å². The molecule has 0 unspecified atom stereocenters. The van der Waals surface area contributed by atoms with Gasteiger partial charge in [0.1, 0.15) is 61.3 Å². The zero-order valence-corrected chi connectivity index (χ0v) is 60.8. The van der Waals surface area contributed by atoms with Crippen LogP contribution in [0.15, 0.2) is 91.0 Å². The number of phosphoric acid groups is 1. The third kappa shape index (κ3) is 35.1. The number of amides is 2. The highest BCUT2D eigenvalue weighted by atomic mass is 35.6. The standard InChI is InChI=1S/C67H95Cl6N2O19P/c1-8-10-12-14-16-17-19-20-27-39-52(87-55(77)40-32-21-18-15-13-11-9-2)43-56(78)89-59-57(75-61(79)86-47-66(68,69)70)60(84-45-49(74-62(80)90-64(3,4)5)41-42-54(76)83-44-48-33-25-22-26-34-48)88-53(46-85-63(81)91-65(6,7)67(71,72)73)58(59)94-95(82,92-50-35-28-23-29-36-50)93-51-37-30-24-31-38-51/h22-26,28-31,33-38,49,52-53,57-60H,8-21,27,32,39-47H2,1-7H3,(H,74,80)(H,75,79)/t49-,52+,53+,57+,58+,59+,60-/m0/s1. The number of carbonyl (C=O) groups excluding carboxylic acids is 6. The number of carbonyl (C=O) groups is 6. The molecule has 28 heteroatoms. The van der Waals surface area contributed by atoms with Crippen LogP contribution < -0.4 is 19.7 Å². The number of hydrogen-bond acceptors (Lipinski definition) is 19. The average Bonchev–Trinajstić information content (AvgIpc) is 0.773. The lowest BCUT2D eigenvalue weighted by Gasteiger charge is -2.45. The molecule has 534 valence electrons. The summed E-state index contributed by atoms with van der Waals surface area (Å²) in [6.07, 6.45) is 2.29. The van der Waals surface area contributed by atoms with Gasteiger partial charge in [0, 0.05) is 12.8 Å². The van der Waals surface area contributed by atoms with E-state index in [0.29, 0.717) is 12.8 Å². The molecule has 1 heterocycles. The van der Waals surface area contributed by atoms with Crippen LogP contribution >= 0.6 is 77.4 Å². The maximum Gasteiger partial charge on any atom is 0.588 e. The zero-order chi connectivity index (χ0) is 69.9. The lowest BCUT2D eigenvalue weighted by atomic mass is 9.96. The molecule has 2 amide bonds. The number of benzene rings is 3. The predicted octanol–water partition coefficient (Wildman–Crippen LogP) is 17.8. The molecule has 3 aromatic rings. The van der Waals surface area contributed by atoms with E-state index in [1.54, 1.807) is 81.4 Å². The topological polar surface area (TPSA) is 254 Å². The summed E-state index contributed by atoms with van der Waals surface area (Å²) in [5.41, 5.74) is -2.12. The Balaban J connectivity index is 1.91. The van der Waals surface area contributed by atoms with Crippen molar-refractivity contribution in [3.8, 4) is 11.5 Å². The largest absolute Gasteiger partial charge is 0.588 e. The van der Waals surface area contributed by atoms with Crippen molar-refractivity contribution >= 4 is 114 Å². The summed E-state index contributed by atoms with van der Waals surface area (Å²) in [5, 5.41) is 5.27. The molecule has 1 aliphatic rings. The fourth-order valence-corrected chi connectivity index (χ4v) is 11.2. The number of alkyl carbamates (subject to hydrolysis) is 2. The van der Waals surface area contributed by atoms with Crippen molar-refractivity contribution in [2.24, 2.45) is 0 Å². The minimum Gasteiger partial charge on any atom is -0.462 e. The molecular weight excluding hydrogens is 1380 g/mol. The Kier molecular flexibility index (Phi) is 37.4. The Labute approximate surface area is 589 Å². The Morgan fingerprint density at radius 3 is 1.66 bits per heavy atom. The van der Waals surface area contributed by atoms with Gasteiger partial charge in [-0.1, -0.05) is 240 Å². The van der Waals surface area contributed by atoms with Crippen molar-refractivity contribution in [1.29, 1.82) is 0 Å². The molecule has 0 spiro atoms. The zero-order valence-electron chi connectivity index (χ0n) is 55.4. The molecule has 0 saturated carbocycles. The van der Waals surface area contributed by atoms with Gasteiger partial charge in [0.2, 0.25) is 7.59 Å². The SMILES string of the molecule is CCCCCCCCCCC[C@H](CC(=O)O[C@@H]1[C@@H](NC(=O)OCC(Cl)(Cl)Cl)[C@@H](OC[C@H](CCC(=O)OCc2ccccc2)NC(=O)OC(C)(C)C)O[C@H](COC(=O)OC(C)(C)C(Cl)(Cl)Cl)[C@H]1OP(=O)(Oc1ccccc1)Oc1ccccc1)OC(=O)CCCCCCCCC. The summed E-state index contributed by atoms with van der Waals surface area (Å²) in [4.78, 5) is 83.7. The first-order chi connectivity index (χ1) is 45.0. The predicted molar refractivity (Wildman–Crippen MR) is 364 cm³/mol. The summed E-state index contributed by atoms with van der Waals surface area (Å²) in [6, 6.07) is 21.4. The molecule has 2 N–H and O–H groups in total. The molecular formula is C67H95Cl6N2O19P. The number of phosphoric ester groups is 1. The molecule has 7 atom stereocenters. The molecule has 95 heavy (non-hydrogen) atoms. The fraction of sp³-hybridized carbons (Fsp3) is 0.642. The van der Waals surface area contributed by atoms with Gasteiger partial charge in [0.25, 0.3) is 0 Å². The van der Waals surface area contributed by atoms with Gasteiger partial charge in [-0.2, -0.15) is 0 Å². The van der Waals surface area contributed by atoms with Crippen LogP contribution in [0.5, 0.6) is 11.5 Å². The van der Waals surface area contributed by atoms with E-state index in [0.717, 1.165) is 89.0 Å². The Morgan fingerprint density at radius 1 is 0.589 bits per heavy atom. The van der Waals surface area contributed by atoms with Gasteiger partial charge in [-0.25, -0.2) is 18.9 Å². The van der Waals surface area contributed by atoms with Crippen molar-refractivity contribution in [2.45, 2.75) is 251 Å². The summed E-state index contributed by atoms with van der Waals surface area (Å²) in [5.74, 6) is -2.32. The first kappa shape index (κ1) is 82.8. The number of para-hydroxylation sites is 2. The molecule has 0 bridgehead atoms. The highest BCUT2D eigenvalue weighted by molar-refractivity contribution is 7.49. The number of unbranched alkanes of at least 4 members (excludes halogenated alkanes) is 14. The van der Waals surface area contributed by atoms with Crippen LogP contribution in [0, 0.1) is 0 Å². The number of hydrogen-bond donors (Lipinski definition) is 2. The Hall–Kier alpha value is -4.67. The normalized spacial score (nSPS) is 17.5. The van der Waals surface area contributed by atoms with Gasteiger partial charge >= 0.3 is 44.1 Å². The van der Waals surface area contributed by atoms with Crippen molar-refractivity contribution in [3.63, 3.8) is 0 Å². The third-order valence-corrected chi connectivity index (χ3v) is 17.6. The molecule has 0 aliphatic carbocycles. The second kappa shape index (κ2) is 43.0. The molecule has 21 nitrogen and oxygen atoms in total. The van der Waals surface area contributed by atoms with Crippen molar-refractivity contribution in [1.82, 2.24) is 10.6 Å². The first-order valence-corrected chi connectivity index (χ1v) is 36.2. The Bertz CT molecular complexity index is 2730. The lowest BCUT2D eigenvalue weighted by Crippen LogP contribution is -2.67. The van der Waals surface area contributed by atoms with Gasteiger partial charge in [-0.3, -0.25) is 18.9 Å². The van der Waals surface area contributed by atoms with Gasteiger partial charge < -0.3 is 62.3 Å². The fourth-order valence-electron chi connectivity index (χ4n) is 9.53. The van der Waals surface area contributed by atoms with Crippen molar-refractivity contribution < 1.29 is 89.5 Å². The summed E-state index contributed by atoms with van der Waals surface area (Å²) in [7, 11) is -5.18. The van der Waals surface area contributed by atoms with E-state index in [-0.39, 0.29) is 43.8 Å². The van der Waals surface area contributed by atoms with E-state index in [2.05, 4.69) is 24.5 Å². The van der Waals surface area contributed by atoms with Crippen LogP contribution in [0.2, 0.25) is 0 Å². The molecule has 4 rings (SSSR count). The molecule has 1 fully saturated rings. The number of nitrogens with one attached hydrogen (secondary N) is 2. The van der Waals surface area contributed by atoms with Crippen LogP contribution in [0.4, 0.5) is 14.4 Å². The third-order valence-electron chi connectivity index (χ3n) is 14.6. The molecule has 3 aromatic carbocycles. The van der Waals surface area contributed by atoms with Gasteiger partial charge in [0.15, 0.2) is 18.0 Å². The van der Waals surface area contributed by atoms with Crippen molar-refractivity contribution in [3.05, 3.63) is 96.6 Å². The number of halogens is 6. The molecule has 1 saturated heterocycles. The van der Waals surface area contributed by atoms with Crippen molar-refractivity contribution in [2.75, 3.05) is 19.8 Å². The van der Waals surface area contributed by atoms with Crippen LogP contribution in [-0.4, -0.2) is 118 Å². The summed E-state index contributed by atoms with van der Waals surface area (Å²) in [6.45, 7) is 9.36. The smallest absolute Gasteiger partial charge is 0.462 e. The summed E-state index contributed by atoms with van der Waals surface area (Å²) >= 11 is 36.8.